The third-order valence-corrected chi connectivity index (χ3v) is 5.31. The van der Waals surface area contributed by atoms with E-state index >= 15 is 0 Å². The van der Waals surface area contributed by atoms with Gasteiger partial charge < -0.3 is 0 Å². The largest absolute Gasteiger partial charge is 0.0622 e. The molecule has 4 aromatic rings. The number of rotatable bonds is 4. The Balaban J connectivity index is 1.54. The van der Waals surface area contributed by atoms with E-state index in [2.05, 4.69) is 117 Å². The van der Waals surface area contributed by atoms with E-state index in [1.807, 2.05) is 0 Å². The fourth-order valence-electron chi connectivity index (χ4n) is 3.50. The average Bonchev–Trinajstić information content (AvgIpc) is 2.75. The molecule has 1 unspecified atom stereocenters. The van der Waals surface area contributed by atoms with Crippen molar-refractivity contribution >= 4 is 0 Å². The van der Waals surface area contributed by atoms with Crippen LogP contribution in [0, 0.1) is 6.92 Å². The minimum Gasteiger partial charge on any atom is -0.0622 e. The van der Waals surface area contributed by atoms with Crippen molar-refractivity contribution in [1.82, 2.24) is 0 Å². The van der Waals surface area contributed by atoms with Crippen LogP contribution < -0.4 is 0 Å². The van der Waals surface area contributed by atoms with Crippen molar-refractivity contribution in [3.63, 3.8) is 0 Å². The summed E-state index contributed by atoms with van der Waals surface area (Å²) in [6, 6.07) is 37.2. The Bertz CT molecular complexity index is 992. The lowest BCUT2D eigenvalue weighted by atomic mass is 9.90. The summed E-state index contributed by atoms with van der Waals surface area (Å²) in [5.41, 5.74) is 9.05. The van der Waals surface area contributed by atoms with Crippen molar-refractivity contribution in [2.45, 2.75) is 19.8 Å². The lowest BCUT2D eigenvalue weighted by Gasteiger charge is -2.14. The molecule has 4 aromatic carbocycles. The summed E-state index contributed by atoms with van der Waals surface area (Å²) in [4.78, 5) is 0. The molecule has 0 aliphatic heterocycles. The highest BCUT2D eigenvalue weighted by Crippen LogP contribution is 2.29. The second-order valence-electron chi connectivity index (χ2n) is 7.20. The van der Waals surface area contributed by atoms with Crippen LogP contribution >= 0.6 is 0 Å². The van der Waals surface area contributed by atoms with Gasteiger partial charge >= 0.3 is 0 Å². The monoisotopic (exact) mass is 348 g/mol. The molecule has 0 saturated carbocycles. The van der Waals surface area contributed by atoms with Gasteiger partial charge in [0.25, 0.3) is 0 Å². The Morgan fingerprint density at radius 1 is 0.444 bits per heavy atom. The SMILES string of the molecule is Cc1ccc(-c2ccc(C(C)c3ccc(-c4ccccc4)cc3)cc2)cc1. The highest BCUT2D eigenvalue weighted by Gasteiger charge is 2.09. The summed E-state index contributed by atoms with van der Waals surface area (Å²) >= 11 is 0. The molecule has 0 N–H and O–H groups in total. The van der Waals surface area contributed by atoms with Gasteiger partial charge in [-0.15, -0.1) is 0 Å². The summed E-state index contributed by atoms with van der Waals surface area (Å²) in [5, 5.41) is 0. The molecule has 1 atom stereocenters. The van der Waals surface area contributed by atoms with E-state index in [4.69, 9.17) is 0 Å². The highest BCUT2D eigenvalue weighted by atomic mass is 14.1. The maximum absolute atomic E-state index is 2.28. The van der Waals surface area contributed by atoms with Gasteiger partial charge in [-0.1, -0.05) is 116 Å². The van der Waals surface area contributed by atoms with Gasteiger partial charge in [0.1, 0.15) is 0 Å². The van der Waals surface area contributed by atoms with Crippen molar-refractivity contribution < 1.29 is 0 Å². The molecule has 0 saturated heterocycles. The Kier molecular flexibility index (Phi) is 4.89. The molecule has 0 heteroatoms. The molecule has 4 rings (SSSR count). The molecule has 0 heterocycles. The summed E-state index contributed by atoms with van der Waals surface area (Å²) in [6.45, 7) is 4.40. The zero-order chi connectivity index (χ0) is 18.6. The van der Waals surface area contributed by atoms with Crippen LogP contribution in [0.4, 0.5) is 0 Å². The van der Waals surface area contributed by atoms with Gasteiger partial charge in [-0.25, -0.2) is 0 Å². The fourth-order valence-corrected chi connectivity index (χ4v) is 3.50. The summed E-state index contributed by atoms with van der Waals surface area (Å²) in [5.74, 6) is 0.377. The van der Waals surface area contributed by atoms with Crippen LogP contribution in [0.25, 0.3) is 22.3 Å². The van der Waals surface area contributed by atoms with Crippen LogP contribution in [0.2, 0.25) is 0 Å². The van der Waals surface area contributed by atoms with Crippen LogP contribution in [-0.4, -0.2) is 0 Å². The van der Waals surface area contributed by atoms with Crippen molar-refractivity contribution in [1.29, 1.82) is 0 Å². The molecule has 0 bridgehead atoms. The Morgan fingerprint density at radius 3 is 1.26 bits per heavy atom. The number of hydrogen-bond donors (Lipinski definition) is 0. The molecule has 0 aromatic heterocycles. The van der Waals surface area contributed by atoms with Crippen LogP contribution in [0.5, 0.6) is 0 Å². The van der Waals surface area contributed by atoms with E-state index in [0.29, 0.717) is 5.92 Å². The lowest BCUT2D eigenvalue weighted by molar-refractivity contribution is 0.923. The van der Waals surface area contributed by atoms with Crippen LogP contribution in [0.15, 0.2) is 103 Å². The average molecular weight is 348 g/mol. The molecule has 132 valence electrons. The molecule has 0 aliphatic carbocycles. The second-order valence-corrected chi connectivity index (χ2v) is 7.20. The maximum atomic E-state index is 2.28. The predicted octanol–water partition coefficient (Wildman–Crippen LogP) is 7.48. The van der Waals surface area contributed by atoms with Crippen molar-refractivity contribution in [2.24, 2.45) is 0 Å². The molecule has 0 spiro atoms. The van der Waals surface area contributed by atoms with Crippen LogP contribution in [0.3, 0.4) is 0 Å². The second kappa shape index (κ2) is 7.63. The van der Waals surface area contributed by atoms with Gasteiger partial charge in [-0.05, 0) is 40.3 Å². The van der Waals surface area contributed by atoms with Crippen LogP contribution in [0.1, 0.15) is 29.5 Å². The maximum Gasteiger partial charge on any atom is 0.00610 e. The molecule has 0 aliphatic rings. The van der Waals surface area contributed by atoms with Gasteiger partial charge in [-0.3, -0.25) is 0 Å². The first-order valence-electron chi connectivity index (χ1n) is 9.53. The Hall–Kier alpha value is -3.12. The number of benzene rings is 4. The van der Waals surface area contributed by atoms with E-state index in [1.165, 1.54) is 38.9 Å². The van der Waals surface area contributed by atoms with Gasteiger partial charge in [0.05, 0.1) is 0 Å². The van der Waals surface area contributed by atoms with E-state index < -0.39 is 0 Å². The lowest BCUT2D eigenvalue weighted by Crippen LogP contribution is -1.96. The van der Waals surface area contributed by atoms with Crippen molar-refractivity contribution in [3.05, 3.63) is 120 Å². The third-order valence-electron chi connectivity index (χ3n) is 5.31. The Labute approximate surface area is 162 Å². The van der Waals surface area contributed by atoms with Crippen LogP contribution in [-0.2, 0) is 0 Å². The standard InChI is InChI=1S/C27H24/c1-20-8-10-25(11-9-20)27-18-14-23(15-19-27)21(2)22-12-16-26(17-13-22)24-6-4-3-5-7-24/h3-19,21H,1-2H3. The van der Waals surface area contributed by atoms with E-state index in [1.54, 1.807) is 0 Å². The van der Waals surface area contributed by atoms with Gasteiger partial charge in [0, 0.05) is 5.92 Å². The summed E-state index contributed by atoms with van der Waals surface area (Å²) in [6.07, 6.45) is 0. The normalized spacial score (nSPS) is 11.9. The van der Waals surface area contributed by atoms with Gasteiger partial charge in [-0.2, -0.15) is 0 Å². The van der Waals surface area contributed by atoms with Crippen molar-refractivity contribution in [3.8, 4) is 22.3 Å². The van der Waals surface area contributed by atoms with Gasteiger partial charge in [0.2, 0.25) is 0 Å². The number of aryl methyl sites for hydroxylation is 1. The fraction of sp³-hybridized carbons (Fsp3) is 0.111. The van der Waals surface area contributed by atoms with E-state index in [0.717, 1.165) is 0 Å². The Morgan fingerprint density at radius 2 is 0.815 bits per heavy atom. The summed E-state index contributed by atoms with van der Waals surface area (Å²) < 4.78 is 0. The predicted molar refractivity (Wildman–Crippen MR) is 116 cm³/mol. The zero-order valence-corrected chi connectivity index (χ0v) is 15.9. The molecule has 0 radical (unpaired) electrons. The zero-order valence-electron chi connectivity index (χ0n) is 15.9. The first-order chi connectivity index (χ1) is 13.2. The van der Waals surface area contributed by atoms with Gasteiger partial charge in [0.15, 0.2) is 0 Å². The van der Waals surface area contributed by atoms with E-state index in [-0.39, 0.29) is 0 Å². The molecule has 0 nitrogen and oxygen atoms in total. The van der Waals surface area contributed by atoms with E-state index in [9.17, 15) is 0 Å². The number of hydrogen-bond acceptors (Lipinski definition) is 0. The minimum absolute atomic E-state index is 0.377. The molecule has 0 fully saturated rings. The summed E-state index contributed by atoms with van der Waals surface area (Å²) in [7, 11) is 0. The molecule has 0 amide bonds. The third kappa shape index (κ3) is 3.85. The topological polar surface area (TPSA) is 0 Å². The first-order valence-corrected chi connectivity index (χ1v) is 9.53. The molecule has 27 heavy (non-hydrogen) atoms. The molecular formula is C27H24. The smallest absolute Gasteiger partial charge is 0.00610 e. The van der Waals surface area contributed by atoms with Crippen molar-refractivity contribution in [2.75, 3.05) is 0 Å². The minimum atomic E-state index is 0.377. The first kappa shape index (κ1) is 17.3. The quantitative estimate of drug-likeness (QED) is 0.358. The highest BCUT2D eigenvalue weighted by molar-refractivity contribution is 5.65. The molecular weight excluding hydrogens is 324 g/mol.